The Labute approximate surface area is 94.0 Å². The summed E-state index contributed by atoms with van der Waals surface area (Å²) in [4.78, 5) is 11.8. The minimum Gasteiger partial charge on any atom is -0.326 e. The van der Waals surface area contributed by atoms with Gasteiger partial charge in [0, 0.05) is 16.5 Å². The Bertz CT molecular complexity index is 522. The van der Waals surface area contributed by atoms with Crippen LogP contribution in [0.4, 0.5) is 5.69 Å². The topological polar surface area (TPSA) is 57.8 Å². The molecule has 16 heavy (non-hydrogen) atoms. The Morgan fingerprint density at radius 1 is 1.38 bits per heavy atom. The van der Waals surface area contributed by atoms with E-state index in [-0.39, 0.29) is 11.3 Å². The summed E-state index contributed by atoms with van der Waals surface area (Å²) in [6.07, 6.45) is 1.75. The summed E-state index contributed by atoms with van der Waals surface area (Å²) in [6, 6.07) is 5.69. The van der Waals surface area contributed by atoms with Crippen molar-refractivity contribution in [2.24, 2.45) is 5.41 Å². The van der Waals surface area contributed by atoms with Gasteiger partial charge in [0.05, 0.1) is 11.7 Å². The first-order valence-corrected chi connectivity index (χ1v) is 5.21. The van der Waals surface area contributed by atoms with Crippen LogP contribution in [0.1, 0.15) is 20.8 Å². The van der Waals surface area contributed by atoms with Crippen molar-refractivity contribution in [3.63, 3.8) is 0 Å². The summed E-state index contributed by atoms with van der Waals surface area (Å²) < 4.78 is 0. The van der Waals surface area contributed by atoms with Crippen molar-refractivity contribution in [3.8, 4) is 0 Å². The number of fused-ring (bicyclic) bond motifs is 1. The predicted octanol–water partition coefficient (Wildman–Crippen LogP) is 2.55. The van der Waals surface area contributed by atoms with E-state index >= 15 is 0 Å². The summed E-state index contributed by atoms with van der Waals surface area (Å²) in [6.45, 7) is 5.66. The normalized spacial score (nSPS) is 11.7. The lowest BCUT2D eigenvalue weighted by atomic mass is 9.95. The number of carbonyl (C=O) groups excluding carboxylic acids is 1. The number of rotatable bonds is 1. The molecule has 0 aliphatic carbocycles. The van der Waals surface area contributed by atoms with Gasteiger partial charge in [0.2, 0.25) is 5.91 Å². The SMILES string of the molecule is CC(C)(C)C(=O)Nc1ccc2cn[nH]c2c1. The fourth-order valence-corrected chi connectivity index (χ4v) is 1.33. The molecule has 84 valence electrons. The van der Waals surface area contributed by atoms with Crippen LogP contribution < -0.4 is 5.32 Å². The number of hydrogen-bond acceptors (Lipinski definition) is 2. The van der Waals surface area contributed by atoms with Crippen LogP contribution in [0.2, 0.25) is 0 Å². The second kappa shape index (κ2) is 3.63. The largest absolute Gasteiger partial charge is 0.326 e. The van der Waals surface area contributed by atoms with Crippen molar-refractivity contribution in [3.05, 3.63) is 24.4 Å². The van der Waals surface area contributed by atoms with Crippen LogP contribution in [0.25, 0.3) is 10.9 Å². The monoisotopic (exact) mass is 217 g/mol. The average Bonchev–Trinajstić information content (AvgIpc) is 2.63. The first kappa shape index (κ1) is 10.7. The number of nitrogens with zero attached hydrogens (tertiary/aromatic N) is 1. The highest BCUT2D eigenvalue weighted by Gasteiger charge is 2.21. The van der Waals surface area contributed by atoms with Gasteiger partial charge >= 0.3 is 0 Å². The third kappa shape index (κ3) is 2.05. The number of anilines is 1. The minimum absolute atomic E-state index is 0.00589. The molecule has 1 amide bonds. The Balaban J connectivity index is 2.24. The van der Waals surface area contributed by atoms with Gasteiger partial charge in [0.25, 0.3) is 0 Å². The molecule has 0 saturated carbocycles. The van der Waals surface area contributed by atoms with Crippen molar-refractivity contribution >= 4 is 22.5 Å². The number of hydrogen-bond donors (Lipinski definition) is 2. The zero-order valence-corrected chi connectivity index (χ0v) is 9.66. The maximum Gasteiger partial charge on any atom is 0.229 e. The van der Waals surface area contributed by atoms with Gasteiger partial charge in [0.15, 0.2) is 0 Å². The van der Waals surface area contributed by atoms with Crippen molar-refractivity contribution in [2.75, 3.05) is 5.32 Å². The number of nitrogens with one attached hydrogen (secondary N) is 2. The molecule has 0 bridgehead atoms. The highest BCUT2D eigenvalue weighted by atomic mass is 16.2. The van der Waals surface area contributed by atoms with E-state index in [0.29, 0.717) is 0 Å². The van der Waals surface area contributed by atoms with E-state index in [0.717, 1.165) is 16.6 Å². The van der Waals surface area contributed by atoms with Crippen molar-refractivity contribution in [1.82, 2.24) is 10.2 Å². The average molecular weight is 217 g/mol. The van der Waals surface area contributed by atoms with E-state index in [9.17, 15) is 4.79 Å². The van der Waals surface area contributed by atoms with Crippen molar-refractivity contribution in [2.45, 2.75) is 20.8 Å². The first-order chi connectivity index (χ1) is 7.47. The lowest BCUT2D eigenvalue weighted by Crippen LogP contribution is -2.27. The number of aromatic amines is 1. The highest BCUT2D eigenvalue weighted by molar-refractivity contribution is 5.96. The van der Waals surface area contributed by atoms with Crippen LogP contribution in [-0.4, -0.2) is 16.1 Å². The van der Waals surface area contributed by atoms with Crippen LogP contribution in [-0.2, 0) is 4.79 Å². The molecular weight excluding hydrogens is 202 g/mol. The Hall–Kier alpha value is -1.84. The highest BCUT2D eigenvalue weighted by Crippen LogP contribution is 2.20. The van der Waals surface area contributed by atoms with Crippen LogP contribution >= 0.6 is 0 Å². The van der Waals surface area contributed by atoms with Gasteiger partial charge in [-0.05, 0) is 18.2 Å². The fraction of sp³-hybridized carbons (Fsp3) is 0.333. The first-order valence-electron chi connectivity index (χ1n) is 5.21. The fourth-order valence-electron chi connectivity index (χ4n) is 1.33. The van der Waals surface area contributed by atoms with E-state index < -0.39 is 0 Å². The number of H-pyrrole nitrogens is 1. The molecule has 2 rings (SSSR count). The smallest absolute Gasteiger partial charge is 0.229 e. The van der Waals surface area contributed by atoms with Gasteiger partial charge in [0.1, 0.15) is 0 Å². The van der Waals surface area contributed by atoms with Crippen LogP contribution in [0, 0.1) is 5.41 Å². The molecule has 0 unspecified atom stereocenters. The Morgan fingerprint density at radius 2 is 2.12 bits per heavy atom. The third-order valence-corrected chi connectivity index (χ3v) is 2.38. The van der Waals surface area contributed by atoms with E-state index in [1.807, 2.05) is 39.0 Å². The van der Waals surface area contributed by atoms with E-state index in [4.69, 9.17) is 0 Å². The number of benzene rings is 1. The molecule has 2 N–H and O–H groups in total. The molecule has 0 atom stereocenters. The second-order valence-corrected chi connectivity index (χ2v) is 4.88. The van der Waals surface area contributed by atoms with Gasteiger partial charge in [-0.25, -0.2) is 0 Å². The molecule has 2 aromatic rings. The molecular formula is C12H15N3O. The van der Waals surface area contributed by atoms with Crippen LogP contribution in [0.3, 0.4) is 0 Å². The molecule has 0 radical (unpaired) electrons. The number of carbonyl (C=O) groups is 1. The minimum atomic E-state index is -0.386. The molecule has 0 fully saturated rings. The molecule has 1 heterocycles. The van der Waals surface area contributed by atoms with Gasteiger partial charge in [-0.3, -0.25) is 9.89 Å². The molecule has 0 aliphatic rings. The molecule has 1 aromatic heterocycles. The predicted molar refractivity (Wildman–Crippen MR) is 64.2 cm³/mol. The summed E-state index contributed by atoms with van der Waals surface area (Å²) in [5, 5.41) is 10.7. The summed E-state index contributed by atoms with van der Waals surface area (Å²) in [5.41, 5.74) is 1.33. The van der Waals surface area contributed by atoms with E-state index in [1.54, 1.807) is 6.20 Å². The maximum atomic E-state index is 11.8. The standard InChI is InChI=1S/C12H15N3O/c1-12(2,3)11(16)14-9-5-4-8-7-13-15-10(8)6-9/h4-7H,1-3H3,(H,13,15)(H,14,16). The van der Waals surface area contributed by atoms with Gasteiger partial charge < -0.3 is 5.32 Å². The van der Waals surface area contributed by atoms with Gasteiger partial charge in [-0.15, -0.1) is 0 Å². The van der Waals surface area contributed by atoms with E-state index in [2.05, 4.69) is 15.5 Å². The molecule has 1 aromatic carbocycles. The number of aromatic nitrogens is 2. The Morgan fingerprint density at radius 3 is 2.81 bits per heavy atom. The zero-order chi connectivity index (χ0) is 11.8. The molecule has 0 saturated heterocycles. The van der Waals surface area contributed by atoms with Crippen LogP contribution in [0.15, 0.2) is 24.4 Å². The van der Waals surface area contributed by atoms with Gasteiger partial charge in [-0.1, -0.05) is 20.8 Å². The van der Waals surface area contributed by atoms with Crippen molar-refractivity contribution in [1.29, 1.82) is 0 Å². The molecule has 0 aliphatic heterocycles. The van der Waals surface area contributed by atoms with E-state index in [1.165, 1.54) is 0 Å². The lowest BCUT2D eigenvalue weighted by Gasteiger charge is -2.17. The summed E-state index contributed by atoms with van der Waals surface area (Å²) >= 11 is 0. The third-order valence-electron chi connectivity index (χ3n) is 2.38. The van der Waals surface area contributed by atoms with Crippen molar-refractivity contribution < 1.29 is 4.79 Å². The Kier molecular flexibility index (Phi) is 2.42. The molecule has 4 heteroatoms. The maximum absolute atomic E-state index is 11.8. The number of amides is 1. The molecule has 4 nitrogen and oxygen atoms in total. The molecule has 0 spiro atoms. The summed E-state index contributed by atoms with van der Waals surface area (Å²) in [5.74, 6) is 0.00589. The zero-order valence-electron chi connectivity index (χ0n) is 9.66. The van der Waals surface area contributed by atoms with Crippen LogP contribution in [0.5, 0.6) is 0 Å². The summed E-state index contributed by atoms with van der Waals surface area (Å²) in [7, 11) is 0. The van der Waals surface area contributed by atoms with Gasteiger partial charge in [-0.2, -0.15) is 5.10 Å². The second-order valence-electron chi connectivity index (χ2n) is 4.88. The quantitative estimate of drug-likeness (QED) is 0.771. The lowest BCUT2D eigenvalue weighted by molar-refractivity contribution is -0.123.